The van der Waals surface area contributed by atoms with Gasteiger partial charge in [0.2, 0.25) is 0 Å². The smallest absolute Gasteiger partial charge is 0.151 e. The number of benzene rings is 1. The van der Waals surface area contributed by atoms with Crippen LogP contribution in [0.5, 0.6) is 0 Å². The van der Waals surface area contributed by atoms with Gasteiger partial charge in [0.1, 0.15) is 6.33 Å². The Kier molecular flexibility index (Phi) is 3.18. The number of rotatable bonds is 2. The van der Waals surface area contributed by atoms with E-state index >= 15 is 0 Å². The fourth-order valence-electron chi connectivity index (χ4n) is 2.23. The molecule has 3 rings (SSSR count). The van der Waals surface area contributed by atoms with Crippen molar-refractivity contribution in [3.05, 3.63) is 24.5 Å². The maximum absolute atomic E-state index is 5.84. The predicted octanol–water partition coefficient (Wildman–Crippen LogP) is 0.786. The molecule has 0 atom stereocenters. The summed E-state index contributed by atoms with van der Waals surface area (Å²) in [5.41, 5.74) is 10.8. The first kappa shape index (κ1) is 12.1. The molecule has 2 aromatic rings. The van der Waals surface area contributed by atoms with Crippen LogP contribution >= 0.6 is 0 Å². The molecule has 0 unspecified atom stereocenters. The van der Waals surface area contributed by atoms with Crippen LogP contribution in [-0.2, 0) is 0 Å². The topological polar surface area (TPSA) is 70.3 Å². The van der Waals surface area contributed by atoms with E-state index in [-0.39, 0.29) is 0 Å². The monoisotopic (exact) mass is 258 g/mol. The maximum Gasteiger partial charge on any atom is 0.151 e. The first-order valence-electron chi connectivity index (χ1n) is 6.43. The summed E-state index contributed by atoms with van der Waals surface area (Å²) in [5, 5.41) is 3.15. The van der Waals surface area contributed by atoms with Gasteiger partial charge in [-0.25, -0.2) is 15.0 Å². The maximum atomic E-state index is 5.84. The molecule has 1 saturated heterocycles. The Labute approximate surface area is 112 Å². The van der Waals surface area contributed by atoms with Crippen molar-refractivity contribution in [2.75, 3.05) is 44.4 Å². The molecule has 1 aromatic heterocycles. The Morgan fingerprint density at radius 3 is 2.74 bits per heavy atom. The highest BCUT2D eigenvalue weighted by Gasteiger charge is 2.15. The lowest BCUT2D eigenvalue weighted by Gasteiger charge is -2.32. The van der Waals surface area contributed by atoms with Gasteiger partial charge in [-0.3, -0.25) is 0 Å². The van der Waals surface area contributed by atoms with Gasteiger partial charge in [0.05, 0.1) is 5.52 Å². The average Bonchev–Trinajstić information content (AvgIpc) is 2.42. The minimum atomic E-state index is 0.726. The second-order valence-electron chi connectivity index (χ2n) is 4.90. The summed E-state index contributed by atoms with van der Waals surface area (Å²) in [6.45, 7) is 4.06. The summed E-state index contributed by atoms with van der Waals surface area (Å²) in [7, 11) is 2.14. The molecule has 1 aromatic carbocycles. The minimum absolute atomic E-state index is 0.726. The number of aromatic nitrogens is 2. The number of piperazine rings is 1. The van der Waals surface area contributed by atoms with Crippen LogP contribution in [0.2, 0.25) is 0 Å². The quantitative estimate of drug-likeness (QED) is 0.776. The third-order valence-electron chi connectivity index (χ3n) is 3.43. The number of nitrogens with two attached hydrogens (primary N) is 1. The minimum Gasteiger partial charge on any atom is -0.399 e. The van der Waals surface area contributed by atoms with Crippen LogP contribution in [0.4, 0.5) is 11.5 Å². The Morgan fingerprint density at radius 1 is 1.16 bits per heavy atom. The summed E-state index contributed by atoms with van der Waals surface area (Å²) in [4.78, 5) is 10.9. The number of nitrogens with one attached hydrogen (secondary N) is 1. The molecule has 0 amide bonds. The first-order valence-corrected chi connectivity index (χ1v) is 6.43. The normalized spacial score (nSPS) is 17.7. The fraction of sp³-hybridized carbons (Fsp3) is 0.385. The molecule has 2 heterocycles. The fourth-order valence-corrected chi connectivity index (χ4v) is 2.23. The molecule has 100 valence electrons. The van der Waals surface area contributed by atoms with E-state index in [2.05, 4.69) is 32.4 Å². The number of fused-ring (bicyclic) bond motifs is 1. The Hall–Kier alpha value is -1.92. The molecule has 0 saturated carbocycles. The van der Waals surface area contributed by atoms with Crippen LogP contribution in [0.3, 0.4) is 0 Å². The van der Waals surface area contributed by atoms with Gasteiger partial charge in [-0.2, -0.15) is 0 Å². The van der Waals surface area contributed by atoms with Gasteiger partial charge in [0.25, 0.3) is 0 Å². The molecule has 0 aliphatic carbocycles. The van der Waals surface area contributed by atoms with E-state index < -0.39 is 0 Å². The average molecular weight is 258 g/mol. The van der Waals surface area contributed by atoms with Crippen molar-refractivity contribution >= 4 is 22.4 Å². The van der Waals surface area contributed by atoms with Gasteiger partial charge < -0.3 is 16.1 Å². The van der Waals surface area contributed by atoms with Crippen molar-refractivity contribution in [1.82, 2.24) is 19.9 Å². The summed E-state index contributed by atoms with van der Waals surface area (Å²) in [5.74, 6) is 0.821. The van der Waals surface area contributed by atoms with E-state index in [4.69, 9.17) is 5.73 Å². The van der Waals surface area contributed by atoms with E-state index in [1.807, 2.05) is 18.2 Å². The van der Waals surface area contributed by atoms with Gasteiger partial charge in [-0.1, -0.05) is 0 Å². The van der Waals surface area contributed by atoms with Crippen molar-refractivity contribution in [3.63, 3.8) is 0 Å². The van der Waals surface area contributed by atoms with Gasteiger partial charge in [-0.05, 0) is 25.2 Å². The molecule has 19 heavy (non-hydrogen) atoms. The molecule has 0 radical (unpaired) electrons. The van der Waals surface area contributed by atoms with Crippen LogP contribution in [0.25, 0.3) is 10.9 Å². The SMILES string of the molecule is CN1CCN(Nc2ncnc3ccc(N)cc23)CC1. The molecule has 1 fully saturated rings. The third-order valence-corrected chi connectivity index (χ3v) is 3.43. The van der Waals surface area contributed by atoms with E-state index in [1.165, 1.54) is 0 Å². The number of nitrogens with zero attached hydrogens (tertiary/aromatic N) is 4. The summed E-state index contributed by atoms with van der Waals surface area (Å²) in [6, 6.07) is 5.68. The number of likely N-dealkylation sites (N-methyl/N-ethyl adjacent to an activating group) is 1. The molecular weight excluding hydrogens is 240 g/mol. The van der Waals surface area contributed by atoms with Crippen molar-refractivity contribution in [1.29, 1.82) is 0 Å². The number of hydrazine groups is 1. The van der Waals surface area contributed by atoms with Crippen molar-refractivity contribution in [2.45, 2.75) is 0 Å². The van der Waals surface area contributed by atoms with E-state index in [9.17, 15) is 0 Å². The van der Waals surface area contributed by atoms with E-state index in [1.54, 1.807) is 6.33 Å². The van der Waals surface area contributed by atoms with Gasteiger partial charge >= 0.3 is 0 Å². The van der Waals surface area contributed by atoms with Crippen LogP contribution in [0.1, 0.15) is 0 Å². The van der Waals surface area contributed by atoms with Crippen LogP contribution < -0.4 is 11.2 Å². The van der Waals surface area contributed by atoms with Crippen molar-refractivity contribution < 1.29 is 0 Å². The lowest BCUT2D eigenvalue weighted by atomic mass is 10.2. The van der Waals surface area contributed by atoms with Gasteiger partial charge in [0, 0.05) is 37.3 Å². The Balaban J connectivity index is 1.86. The molecule has 6 heteroatoms. The lowest BCUT2D eigenvalue weighted by Crippen LogP contribution is -2.47. The predicted molar refractivity (Wildman–Crippen MR) is 76.6 cm³/mol. The number of anilines is 2. The molecular formula is C13H18N6. The second kappa shape index (κ2) is 4.99. The zero-order valence-corrected chi connectivity index (χ0v) is 11.0. The first-order chi connectivity index (χ1) is 9.22. The molecule has 1 aliphatic rings. The Morgan fingerprint density at radius 2 is 1.95 bits per heavy atom. The highest BCUT2D eigenvalue weighted by molar-refractivity contribution is 5.90. The molecule has 6 nitrogen and oxygen atoms in total. The molecule has 3 N–H and O–H groups in total. The Bertz CT molecular complexity index is 576. The number of nitrogen functional groups attached to an aromatic ring is 1. The van der Waals surface area contributed by atoms with Crippen LogP contribution in [0.15, 0.2) is 24.5 Å². The summed E-state index contributed by atoms with van der Waals surface area (Å²) in [6.07, 6.45) is 1.58. The van der Waals surface area contributed by atoms with E-state index in [0.717, 1.165) is 48.6 Å². The van der Waals surface area contributed by atoms with Crippen LogP contribution in [0, 0.1) is 0 Å². The van der Waals surface area contributed by atoms with Crippen LogP contribution in [-0.4, -0.2) is 53.1 Å². The summed E-state index contributed by atoms with van der Waals surface area (Å²) < 4.78 is 0. The largest absolute Gasteiger partial charge is 0.399 e. The zero-order valence-electron chi connectivity index (χ0n) is 11.0. The molecule has 0 spiro atoms. The standard InChI is InChI=1S/C13H18N6/c1-18-4-6-19(7-5-18)17-13-11-8-10(14)2-3-12(11)15-9-16-13/h2-3,8-9H,4-7,14H2,1H3,(H,15,16,17). The van der Waals surface area contributed by atoms with Gasteiger partial charge in [0.15, 0.2) is 5.82 Å². The number of hydrogen-bond donors (Lipinski definition) is 2. The zero-order chi connectivity index (χ0) is 13.2. The van der Waals surface area contributed by atoms with Crippen molar-refractivity contribution in [2.24, 2.45) is 0 Å². The molecule has 1 aliphatic heterocycles. The number of hydrogen-bond acceptors (Lipinski definition) is 6. The van der Waals surface area contributed by atoms with E-state index in [0.29, 0.717) is 0 Å². The van der Waals surface area contributed by atoms with Gasteiger partial charge in [-0.15, -0.1) is 0 Å². The second-order valence-corrected chi connectivity index (χ2v) is 4.90. The molecule has 0 bridgehead atoms. The summed E-state index contributed by atoms with van der Waals surface area (Å²) >= 11 is 0. The van der Waals surface area contributed by atoms with Crippen molar-refractivity contribution in [3.8, 4) is 0 Å². The lowest BCUT2D eigenvalue weighted by molar-refractivity contribution is 0.178. The highest BCUT2D eigenvalue weighted by atomic mass is 15.5. The third kappa shape index (κ3) is 2.59. The highest BCUT2D eigenvalue weighted by Crippen LogP contribution is 2.22.